The fourth-order valence-corrected chi connectivity index (χ4v) is 5.35. The van der Waals surface area contributed by atoms with Gasteiger partial charge in [0.1, 0.15) is 11.9 Å². The van der Waals surface area contributed by atoms with E-state index in [0.717, 1.165) is 36.8 Å². The van der Waals surface area contributed by atoms with E-state index in [4.69, 9.17) is 19.3 Å². The zero-order valence-electron chi connectivity index (χ0n) is 19.8. The second kappa shape index (κ2) is 11.4. The summed E-state index contributed by atoms with van der Waals surface area (Å²) in [7, 11) is 0. The molecule has 1 fully saturated rings. The third kappa shape index (κ3) is 6.71. The lowest BCUT2D eigenvalue weighted by Gasteiger charge is -2.32. The van der Waals surface area contributed by atoms with E-state index in [2.05, 4.69) is 4.74 Å². The van der Waals surface area contributed by atoms with Gasteiger partial charge >= 0.3 is 23.9 Å². The van der Waals surface area contributed by atoms with Gasteiger partial charge in [-0.25, -0.2) is 9.59 Å². The van der Waals surface area contributed by atoms with E-state index in [1.54, 1.807) is 6.07 Å². The molecule has 186 valence electrons. The first kappa shape index (κ1) is 25.5. The van der Waals surface area contributed by atoms with Crippen molar-refractivity contribution in [3.05, 3.63) is 29.3 Å². The van der Waals surface area contributed by atoms with Gasteiger partial charge in [0.2, 0.25) is 0 Å². The van der Waals surface area contributed by atoms with Crippen LogP contribution in [-0.2, 0) is 46.2 Å². The first-order chi connectivity index (χ1) is 16.1. The van der Waals surface area contributed by atoms with Gasteiger partial charge in [0.05, 0.1) is 6.10 Å². The minimum atomic E-state index is -1.23. The molecule has 1 aromatic rings. The van der Waals surface area contributed by atoms with Crippen LogP contribution in [0.5, 0.6) is 5.75 Å². The molecule has 3 rings (SSSR count). The Morgan fingerprint density at radius 2 is 1.85 bits per heavy atom. The summed E-state index contributed by atoms with van der Waals surface area (Å²) in [6, 6.07) is 5.70. The minimum Gasteiger partial charge on any atom is -0.482 e. The smallest absolute Gasteiger partial charge is 0.344 e. The van der Waals surface area contributed by atoms with Crippen molar-refractivity contribution in [1.82, 2.24) is 0 Å². The predicted octanol–water partition coefficient (Wildman–Crippen LogP) is 2.71. The maximum absolute atomic E-state index is 11.8. The van der Waals surface area contributed by atoms with Crippen LogP contribution in [0.4, 0.5) is 0 Å². The van der Waals surface area contributed by atoms with E-state index in [1.807, 2.05) is 19.1 Å². The third-order valence-electron chi connectivity index (χ3n) is 6.61. The van der Waals surface area contributed by atoms with Crippen LogP contribution in [0.2, 0.25) is 0 Å². The summed E-state index contributed by atoms with van der Waals surface area (Å²) in [6.45, 7) is 3.62. The Hall–Kier alpha value is -3.10. The molecule has 0 saturated heterocycles. The van der Waals surface area contributed by atoms with E-state index in [1.165, 1.54) is 13.8 Å². The Balaban J connectivity index is 1.70. The zero-order valence-corrected chi connectivity index (χ0v) is 19.8. The van der Waals surface area contributed by atoms with Crippen LogP contribution >= 0.6 is 0 Å². The molecule has 0 amide bonds. The average molecular weight is 477 g/mol. The van der Waals surface area contributed by atoms with Gasteiger partial charge in [-0.05, 0) is 74.0 Å². The second-order valence-corrected chi connectivity index (χ2v) is 9.11. The monoisotopic (exact) mass is 476 g/mol. The van der Waals surface area contributed by atoms with Crippen LogP contribution in [0.3, 0.4) is 0 Å². The summed E-state index contributed by atoms with van der Waals surface area (Å²) in [4.78, 5) is 45.3. The first-order valence-corrected chi connectivity index (χ1v) is 11.6. The lowest BCUT2D eigenvalue weighted by molar-refractivity contribution is -0.156. The number of aliphatic carboxylic acids is 1. The summed E-state index contributed by atoms with van der Waals surface area (Å²) in [5.74, 6) is -1.23. The number of esters is 3. The maximum Gasteiger partial charge on any atom is 0.344 e. The maximum atomic E-state index is 11.8. The number of fused-ring (bicyclic) bond motifs is 2. The quantitative estimate of drug-likeness (QED) is 0.401. The summed E-state index contributed by atoms with van der Waals surface area (Å²) in [5.41, 5.74) is 2.14. The fourth-order valence-electron chi connectivity index (χ4n) is 5.35. The SMILES string of the molecule is CC(=O)O[C@@H](C)CC[C@H]1[C@H](OC(C)=O)CC2Cc3c(cccc3OCC(=O)OCC(=O)O)C[C@@H]21. The minimum absolute atomic E-state index is 0.163. The molecule has 0 radical (unpaired) electrons. The van der Waals surface area contributed by atoms with Gasteiger partial charge < -0.3 is 24.1 Å². The van der Waals surface area contributed by atoms with Gasteiger partial charge in [-0.3, -0.25) is 9.59 Å². The molecule has 2 aliphatic carbocycles. The van der Waals surface area contributed by atoms with Gasteiger partial charge in [0.15, 0.2) is 13.2 Å². The van der Waals surface area contributed by atoms with Gasteiger partial charge in [0.25, 0.3) is 0 Å². The van der Waals surface area contributed by atoms with Crippen molar-refractivity contribution in [2.45, 2.75) is 65.1 Å². The number of carboxylic acid groups (broad SMARTS) is 1. The van der Waals surface area contributed by atoms with Crippen LogP contribution in [0.15, 0.2) is 18.2 Å². The average Bonchev–Trinajstić information content (AvgIpc) is 3.07. The first-order valence-electron chi connectivity index (χ1n) is 11.6. The highest BCUT2D eigenvalue weighted by Gasteiger charge is 2.47. The van der Waals surface area contributed by atoms with Gasteiger partial charge in [-0.2, -0.15) is 0 Å². The van der Waals surface area contributed by atoms with E-state index in [9.17, 15) is 19.2 Å². The Bertz CT molecular complexity index is 925. The number of carbonyl (C=O) groups is 4. The molecule has 5 atom stereocenters. The normalized spacial score (nSPS) is 23.7. The van der Waals surface area contributed by atoms with Crippen molar-refractivity contribution in [1.29, 1.82) is 0 Å². The molecule has 2 aliphatic rings. The Morgan fingerprint density at radius 3 is 2.53 bits per heavy atom. The molecule has 1 unspecified atom stereocenters. The van der Waals surface area contributed by atoms with E-state index >= 15 is 0 Å². The zero-order chi connectivity index (χ0) is 24.8. The number of carbonyl (C=O) groups excluding carboxylic acids is 3. The summed E-state index contributed by atoms with van der Waals surface area (Å²) in [6.07, 6.45) is 3.35. The predicted molar refractivity (Wildman–Crippen MR) is 119 cm³/mol. The van der Waals surface area contributed by atoms with Crippen molar-refractivity contribution in [2.75, 3.05) is 13.2 Å². The number of hydrogen-bond donors (Lipinski definition) is 1. The van der Waals surface area contributed by atoms with Crippen LogP contribution in [0, 0.1) is 17.8 Å². The molecule has 0 heterocycles. The summed E-state index contributed by atoms with van der Waals surface area (Å²) >= 11 is 0. The molecule has 9 heteroatoms. The van der Waals surface area contributed by atoms with E-state index in [0.29, 0.717) is 18.1 Å². The molecular weight excluding hydrogens is 444 g/mol. The lowest BCUT2D eigenvalue weighted by atomic mass is 9.73. The Labute approximate surface area is 198 Å². The van der Waals surface area contributed by atoms with Crippen molar-refractivity contribution in [3.8, 4) is 5.75 Å². The van der Waals surface area contributed by atoms with Crippen LogP contribution in [-0.4, -0.2) is 54.4 Å². The highest BCUT2D eigenvalue weighted by molar-refractivity contribution is 5.76. The fraction of sp³-hybridized carbons (Fsp3) is 0.600. The third-order valence-corrected chi connectivity index (χ3v) is 6.61. The number of ether oxygens (including phenoxy) is 4. The highest BCUT2D eigenvalue weighted by atomic mass is 16.6. The van der Waals surface area contributed by atoms with Crippen LogP contribution in [0.1, 0.15) is 51.2 Å². The van der Waals surface area contributed by atoms with Gasteiger partial charge in [0, 0.05) is 13.8 Å². The standard InChI is InChI=1S/C25H32O9/c1-14(33-15(2)26)7-8-19-20-9-17-5-4-6-22(31-13-25(30)32-12-24(28)29)21(17)10-18(20)11-23(19)34-16(3)27/h4-6,14,18-20,23H,7-13H2,1-3H3,(H,28,29)/t14-,18?,19+,20-,23+/m0/s1. The van der Waals surface area contributed by atoms with Crippen molar-refractivity contribution >= 4 is 23.9 Å². The second-order valence-electron chi connectivity index (χ2n) is 9.11. The molecule has 1 aromatic carbocycles. The van der Waals surface area contributed by atoms with Gasteiger partial charge in [-0.15, -0.1) is 0 Å². The van der Waals surface area contributed by atoms with Gasteiger partial charge in [-0.1, -0.05) is 12.1 Å². The topological polar surface area (TPSA) is 125 Å². The largest absolute Gasteiger partial charge is 0.482 e. The molecule has 0 aromatic heterocycles. The van der Waals surface area contributed by atoms with E-state index in [-0.39, 0.29) is 42.6 Å². The summed E-state index contributed by atoms with van der Waals surface area (Å²) < 4.78 is 21.3. The molecule has 1 N–H and O–H groups in total. The Kier molecular flexibility index (Phi) is 8.52. The molecule has 0 bridgehead atoms. The van der Waals surface area contributed by atoms with Crippen LogP contribution < -0.4 is 4.74 Å². The molecular formula is C25H32O9. The Morgan fingerprint density at radius 1 is 1.09 bits per heavy atom. The van der Waals surface area contributed by atoms with E-state index < -0.39 is 18.5 Å². The molecule has 34 heavy (non-hydrogen) atoms. The molecule has 1 saturated carbocycles. The van der Waals surface area contributed by atoms with Crippen molar-refractivity contribution in [3.63, 3.8) is 0 Å². The summed E-state index contributed by atoms with van der Waals surface area (Å²) in [5, 5.41) is 8.63. The molecule has 0 aliphatic heterocycles. The number of carboxylic acids is 1. The molecule has 9 nitrogen and oxygen atoms in total. The number of hydrogen-bond acceptors (Lipinski definition) is 8. The lowest BCUT2D eigenvalue weighted by Crippen LogP contribution is -2.29. The number of rotatable bonds is 10. The number of benzene rings is 1. The molecule has 0 spiro atoms. The van der Waals surface area contributed by atoms with Crippen molar-refractivity contribution in [2.24, 2.45) is 17.8 Å². The van der Waals surface area contributed by atoms with Crippen molar-refractivity contribution < 1.29 is 43.2 Å². The van der Waals surface area contributed by atoms with Crippen LogP contribution in [0.25, 0.3) is 0 Å². The highest BCUT2D eigenvalue weighted by Crippen LogP contribution is 2.49.